The summed E-state index contributed by atoms with van der Waals surface area (Å²) in [7, 11) is 1.71. The molecule has 3 nitrogen and oxygen atoms in total. The zero-order valence-electron chi connectivity index (χ0n) is 7.48. The first kappa shape index (κ1) is 8.97. The fourth-order valence-electron chi connectivity index (χ4n) is 1.10. The van der Waals surface area contributed by atoms with E-state index in [1.165, 1.54) is 6.08 Å². The van der Waals surface area contributed by atoms with Gasteiger partial charge in [-0.05, 0) is 18.9 Å². The number of Topliss-reactive ketones (excluding diaryl/α,β-unsaturated/α-hetero) is 1. The summed E-state index contributed by atoms with van der Waals surface area (Å²) in [4.78, 5) is 11.6. The van der Waals surface area contributed by atoms with E-state index in [1.54, 1.807) is 7.05 Å². The first-order valence-corrected chi connectivity index (χ1v) is 4.07. The Morgan fingerprint density at radius 1 is 1.58 bits per heavy atom. The lowest BCUT2D eigenvalue weighted by atomic mass is 10.0. The third-order valence-electron chi connectivity index (χ3n) is 2.31. The van der Waals surface area contributed by atoms with Crippen molar-refractivity contribution in [3.63, 3.8) is 0 Å². The highest BCUT2D eigenvalue weighted by molar-refractivity contribution is 6.03. The van der Waals surface area contributed by atoms with Gasteiger partial charge in [0.25, 0.3) is 0 Å². The quantitative estimate of drug-likeness (QED) is 0.485. The third kappa shape index (κ3) is 1.55. The lowest BCUT2D eigenvalue weighted by Gasteiger charge is -2.09. The molecule has 0 unspecified atom stereocenters. The predicted octanol–water partition coefficient (Wildman–Crippen LogP) is 1.11. The highest BCUT2D eigenvalue weighted by atomic mass is 16.1. The largest absolute Gasteiger partial charge is 0.385 e. The van der Waals surface area contributed by atoms with Crippen LogP contribution in [0.5, 0.6) is 0 Å². The normalized spacial score (nSPS) is 20.0. The zero-order chi connectivity index (χ0) is 9.19. The molecule has 0 bridgehead atoms. The Kier molecular flexibility index (Phi) is 2.31. The van der Waals surface area contributed by atoms with Gasteiger partial charge in [0.05, 0.1) is 5.70 Å². The van der Waals surface area contributed by atoms with E-state index < -0.39 is 0 Å². The summed E-state index contributed by atoms with van der Waals surface area (Å²) in [5, 5.41) is 9.67. The summed E-state index contributed by atoms with van der Waals surface area (Å²) in [5.41, 5.74) is 0.405. The molecule has 1 rings (SSSR count). The molecular weight excluding hydrogens is 152 g/mol. The molecule has 1 aliphatic carbocycles. The summed E-state index contributed by atoms with van der Waals surface area (Å²) in [5.74, 6) is 0.133. The van der Waals surface area contributed by atoms with Crippen molar-refractivity contribution in [1.29, 1.82) is 5.41 Å². The lowest BCUT2D eigenvalue weighted by molar-refractivity contribution is -0.120. The number of allylic oxidation sites excluding steroid dienone is 2. The maximum absolute atomic E-state index is 11.6. The maximum atomic E-state index is 11.6. The van der Waals surface area contributed by atoms with Crippen LogP contribution in [-0.4, -0.2) is 19.0 Å². The van der Waals surface area contributed by atoms with Crippen LogP contribution < -0.4 is 5.32 Å². The van der Waals surface area contributed by atoms with Crippen LogP contribution in [0, 0.1) is 10.8 Å². The number of hydrogen-bond donors (Lipinski definition) is 2. The second kappa shape index (κ2) is 3.09. The Morgan fingerprint density at radius 3 is 2.50 bits per heavy atom. The van der Waals surface area contributed by atoms with E-state index in [1.807, 2.05) is 6.92 Å². The second-order valence-corrected chi connectivity index (χ2v) is 3.39. The predicted molar refractivity (Wildman–Crippen MR) is 48.3 cm³/mol. The van der Waals surface area contributed by atoms with Gasteiger partial charge in [-0.15, -0.1) is 0 Å². The number of likely N-dealkylation sites (N-methyl/N-ethyl adjacent to an activating group) is 1. The van der Waals surface area contributed by atoms with Crippen molar-refractivity contribution in [2.24, 2.45) is 5.41 Å². The summed E-state index contributed by atoms with van der Waals surface area (Å²) in [6, 6.07) is 0. The summed E-state index contributed by atoms with van der Waals surface area (Å²) >= 11 is 0. The van der Waals surface area contributed by atoms with Gasteiger partial charge in [-0.2, -0.15) is 0 Å². The van der Waals surface area contributed by atoms with Crippen LogP contribution in [-0.2, 0) is 4.79 Å². The van der Waals surface area contributed by atoms with Crippen molar-refractivity contribution in [3.8, 4) is 0 Å². The molecule has 0 radical (unpaired) electrons. The molecule has 0 aliphatic heterocycles. The Labute approximate surface area is 72.4 Å². The number of rotatable bonds is 4. The van der Waals surface area contributed by atoms with Gasteiger partial charge >= 0.3 is 0 Å². The highest BCUT2D eigenvalue weighted by Crippen LogP contribution is 2.46. The zero-order valence-corrected chi connectivity index (χ0v) is 7.48. The summed E-state index contributed by atoms with van der Waals surface area (Å²) in [6.07, 6.45) is 4.59. The topological polar surface area (TPSA) is 53.0 Å². The van der Waals surface area contributed by atoms with E-state index in [0.29, 0.717) is 5.70 Å². The number of hydrogen-bond acceptors (Lipinski definition) is 3. The monoisotopic (exact) mass is 166 g/mol. The Balaban J connectivity index is 2.73. The molecule has 0 heterocycles. The van der Waals surface area contributed by atoms with E-state index in [-0.39, 0.29) is 11.2 Å². The molecule has 0 amide bonds. The molecule has 0 aromatic carbocycles. The van der Waals surface area contributed by atoms with Crippen LogP contribution >= 0.6 is 0 Å². The number of ketones is 1. The van der Waals surface area contributed by atoms with E-state index in [4.69, 9.17) is 5.41 Å². The van der Waals surface area contributed by atoms with Crippen molar-refractivity contribution >= 4 is 12.0 Å². The maximum Gasteiger partial charge on any atom is 0.184 e. The molecule has 12 heavy (non-hydrogen) atoms. The fraction of sp³-hybridized carbons (Fsp3) is 0.556. The minimum absolute atomic E-state index is 0.133. The molecule has 0 spiro atoms. The van der Waals surface area contributed by atoms with Gasteiger partial charge in [-0.1, -0.05) is 6.92 Å². The SMILES string of the molecule is CN/C(=C\C=N)C(=O)C1(C)CC1. The molecule has 1 aliphatic rings. The van der Waals surface area contributed by atoms with Gasteiger partial charge in [0.15, 0.2) is 5.78 Å². The van der Waals surface area contributed by atoms with Crippen molar-refractivity contribution in [2.45, 2.75) is 19.8 Å². The van der Waals surface area contributed by atoms with Gasteiger partial charge in [0.2, 0.25) is 0 Å². The fourth-order valence-corrected chi connectivity index (χ4v) is 1.10. The molecule has 0 aromatic rings. The molecule has 1 saturated carbocycles. The van der Waals surface area contributed by atoms with E-state index in [9.17, 15) is 4.79 Å². The van der Waals surface area contributed by atoms with Crippen LogP contribution in [0.4, 0.5) is 0 Å². The van der Waals surface area contributed by atoms with Gasteiger partial charge in [-0.25, -0.2) is 0 Å². The van der Waals surface area contributed by atoms with Crippen LogP contribution in [0.3, 0.4) is 0 Å². The minimum atomic E-state index is -0.141. The minimum Gasteiger partial charge on any atom is -0.385 e. The van der Waals surface area contributed by atoms with Crippen LogP contribution in [0.15, 0.2) is 11.8 Å². The second-order valence-electron chi connectivity index (χ2n) is 3.39. The molecular formula is C9H14N2O. The molecule has 1 fully saturated rings. The third-order valence-corrected chi connectivity index (χ3v) is 2.31. The van der Waals surface area contributed by atoms with Crippen molar-refractivity contribution in [2.75, 3.05) is 7.05 Å². The first-order valence-electron chi connectivity index (χ1n) is 4.07. The molecule has 3 heteroatoms. The van der Waals surface area contributed by atoms with Crippen LogP contribution in [0.25, 0.3) is 0 Å². The summed E-state index contributed by atoms with van der Waals surface area (Å²) < 4.78 is 0. The Morgan fingerprint density at radius 2 is 2.17 bits per heavy atom. The average molecular weight is 166 g/mol. The number of nitrogens with one attached hydrogen (secondary N) is 2. The van der Waals surface area contributed by atoms with Gasteiger partial charge in [0.1, 0.15) is 0 Å². The number of carbonyl (C=O) groups is 1. The standard InChI is InChI=1S/C9H14N2O/c1-9(4-5-9)8(12)7(11-2)3-6-10/h3,6,10-11H,4-5H2,1-2H3/b7-3-,10-6?. The lowest BCUT2D eigenvalue weighted by Crippen LogP contribution is -2.23. The Hall–Kier alpha value is -1.12. The first-order chi connectivity index (χ1) is 5.64. The van der Waals surface area contributed by atoms with Gasteiger partial charge < -0.3 is 10.7 Å². The summed E-state index contributed by atoms with van der Waals surface area (Å²) in [6.45, 7) is 1.96. The Bertz CT molecular complexity index is 239. The van der Waals surface area contributed by atoms with Crippen LogP contribution in [0.2, 0.25) is 0 Å². The average Bonchev–Trinajstić information content (AvgIpc) is 2.79. The smallest absolute Gasteiger partial charge is 0.184 e. The van der Waals surface area contributed by atoms with Gasteiger partial charge in [-0.3, -0.25) is 4.79 Å². The van der Waals surface area contributed by atoms with Crippen LogP contribution in [0.1, 0.15) is 19.8 Å². The van der Waals surface area contributed by atoms with E-state index >= 15 is 0 Å². The number of carbonyl (C=O) groups excluding carboxylic acids is 1. The van der Waals surface area contributed by atoms with Crippen molar-refractivity contribution < 1.29 is 4.79 Å². The van der Waals surface area contributed by atoms with Gasteiger partial charge in [0, 0.05) is 18.7 Å². The van der Waals surface area contributed by atoms with Crippen molar-refractivity contribution in [3.05, 3.63) is 11.8 Å². The van der Waals surface area contributed by atoms with E-state index in [0.717, 1.165) is 19.1 Å². The molecule has 2 N–H and O–H groups in total. The molecule has 0 saturated heterocycles. The molecule has 0 aromatic heterocycles. The molecule has 66 valence electrons. The highest BCUT2D eigenvalue weighted by Gasteiger charge is 2.45. The van der Waals surface area contributed by atoms with E-state index in [2.05, 4.69) is 5.32 Å². The molecule has 0 atom stereocenters. The van der Waals surface area contributed by atoms with Crippen molar-refractivity contribution in [1.82, 2.24) is 5.32 Å².